The summed E-state index contributed by atoms with van der Waals surface area (Å²) < 4.78 is 0. The van der Waals surface area contributed by atoms with Gasteiger partial charge in [-0.25, -0.2) is 0 Å². The van der Waals surface area contributed by atoms with Gasteiger partial charge in [0.05, 0.1) is 5.69 Å². The summed E-state index contributed by atoms with van der Waals surface area (Å²) >= 11 is 0. The number of rotatable bonds is 5. The molecule has 0 fully saturated rings. The van der Waals surface area contributed by atoms with Crippen LogP contribution >= 0.6 is 0 Å². The van der Waals surface area contributed by atoms with Crippen LogP contribution in [0.15, 0.2) is 18.2 Å². The van der Waals surface area contributed by atoms with Crippen molar-refractivity contribution in [3.63, 3.8) is 0 Å². The SMILES string of the molecule is CCC(C)(C)c1cc(-n2nc3c(n2)CC(C)C=C3)c(O)c(C(C)(C)CC)c1. The standard InChI is InChI=1S/C23H33N3O/c1-8-22(4,5)16-13-17(23(6,7)9-2)21(27)20(14-16)26-24-18-11-10-15(3)12-19(18)25-26/h10-11,13-15,27H,8-9,12H2,1-7H3. The van der Waals surface area contributed by atoms with Gasteiger partial charge in [-0.2, -0.15) is 5.10 Å². The molecule has 1 unspecified atom stereocenters. The highest BCUT2D eigenvalue weighted by atomic mass is 16.3. The Hall–Kier alpha value is -2.10. The number of nitrogens with zero attached hydrogens (tertiary/aromatic N) is 3. The Balaban J connectivity index is 2.22. The first-order valence-electron chi connectivity index (χ1n) is 10.1. The zero-order chi connectivity index (χ0) is 20.0. The fourth-order valence-corrected chi connectivity index (χ4v) is 3.43. The summed E-state index contributed by atoms with van der Waals surface area (Å²) in [6.07, 6.45) is 7.07. The van der Waals surface area contributed by atoms with Crippen molar-refractivity contribution < 1.29 is 5.11 Å². The second-order valence-corrected chi connectivity index (χ2v) is 9.23. The molecule has 0 bridgehead atoms. The molecule has 1 heterocycles. The van der Waals surface area contributed by atoms with Gasteiger partial charge in [-0.1, -0.05) is 60.6 Å². The molecule has 1 aliphatic carbocycles. The molecule has 2 aromatic rings. The van der Waals surface area contributed by atoms with Crippen LogP contribution in [-0.4, -0.2) is 20.1 Å². The fourth-order valence-electron chi connectivity index (χ4n) is 3.43. The molecule has 1 N–H and O–H groups in total. The quantitative estimate of drug-likeness (QED) is 0.753. The normalized spacial score (nSPS) is 17.2. The van der Waals surface area contributed by atoms with Crippen LogP contribution in [0.4, 0.5) is 0 Å². The van der Waals surface area contributed by atoms with E-state index in [-0.39, 0.29) is 10.8 Å². The summed E-state index contributed by atoms with van der Waals surface area (Å²) in [7, 11) is 0. The van der Waals surface area contributed by atoms with Gasteiger partial charge in [-0.3, -0.25) is 0 Å². The molecule has 1 atom stereocenters. The summed E-state index contributed by atoms with van der Waals surface area (Å²) in [6.45, 7) is 15.4. The monoisotopic (exact) mass is 367 g/mol. The molecule has 0 spiro atoms. The maximum absolute atomic E-state index is 11.2. The van der Waals surface area contributed by atoms with Gasteiger partial charge in [-0.05, 0) is 53.7 Å². The summed E-state index contributed by atoms with van der Waals surface area (Å²) in [5, 5.41) is 20.6. The van der Waals surface area contributed by atoms with Gasteiger partial charge in [0.25, 0.3) is 0 Å². The Morgan fingerprint density at radius 1 is 1.07 bits per heavy atom. The highest BCUT2D eigenvalue weighted by Crippen LogP contribution is 2.41. The maximum Gasteiger partial charge on any atom is 0.146 e. The zero-order valence-corrected chi connectivity index (χ0v) is 17.8. The zero-order valence-electron chi connectivity index (χ0n) is 17.8. The van der Waals surface area contributed by atoms with E-state index in [0.717, 1.165) is 36.2 Å². The number of benzene rings is 1. The number of hydrogen-bond acceptors (Lipinski definition) is 3. The van der Waals surface area contributed by atoms with E-state index in [1.165, 1.54) is 5.56 Å². The van der Waals surface area contributed by atoms with E-state index >= 15 is 0 Å². The number of phenolic OH excluding ortho intramolecular Hbond substituents is 1. The third kappa shape index (κ3) is 3.54. The summed E-state index contributed by atoms with van der Waals surface area (Å²) in [6, 6.07) is 4.24. The van der Waals surface area contributed by atoms with Crippen molar-refractivity contribution in [3.05, 3.63) is 40.7 Å². The molecule has 4 heteroatoms. The lowest BCUT2D eigenvalue weighted by Gasteiger charge is -2.30. The molecular formula is C23H33N3O. The lowest BCUT2D eigenvalue weighted by Crippen LogP contribution is -2.21. The molecule has 27 heavy (non-hydrogen) atoms. The third-order valence-electron chi connectivity index (χ3n) is 6.40. The highest BCUT2D eigenvalue weighted by Gasteiger charge is 2.29. The average molecular weight is 368 g/mol. The molecule has 3 rings (SSSR count). The number of hydrogen-bond donors (Lipinski definition) is 1. The molecule has 1 aliphatic rings. The lowest BCUT2D eigenvalue weighted by molar-refractivity contribution is 0.419. The Morgan fingerprint density at radius 2 is 1.74 bits per heavy atom. The van der Waals surface area contributed by atoms with Crippen molar-refractivity contribution in [1.29, 1.82) is 0 Å². The average Bonchev–Trinajstić information content (AvgIpc) is 3.04. The molecule has 0 saturated carbocycles. The predicted octanol–water partition coefficient (Wildman–Crippen LogP) is 5.55. The minimum absolute atomic E-state index is 0.0161. The van der Waals surface area contributed by atoms with Crippen LogP contribution in [0.25, 0.3) is 11.8 Å². The van der Waals surface area contributed by atoms with Gasteiger partial charge < -0.3 is 5.11 Å². The van der Waals surface area contributed by atoms with E-state index in [0.29, 0.717) is 17.4 Å². The first kappa shape index (κ1) is 19.7. The van der Waals surface area contributed by atoms with Gasteiger partial charge >= 0.3 is 0 Å². The molecule has 0 saturated heterocycles. The van der Waals surface area contributed by atoms with Gasteiger partial charge in [0, 0.05) is 5.56 Å². The number of fused-ring (bicyclic) bond motifs is 1. The molecule has 4 nitrogen and oxygen atoms in total. The van der Waals surface area contributed by atoms with Crippen LogP contribution in [-0.2, 0) is 17.3 Å². The van der Waals surface area contributed by atoms with Crippen LogP contribution < -0.4 is 0 Å². The first-order chi connectivity index (χ1) is 12.6. The molecule has 0 aliphatic heterocycles. The van der Waals surface area contributed by atoms with Crippen LogP contribution in [0.2, 0.25) is 0 Å². The largest absolute Gasteiger partial charge is 0.505 e. The van der Waals surface area contributed by atoms with Crippen LogP contribution in [0.5, 0.6) is 5.75 Å². The van der Waals surface area contributed by atoms with Crippen LogP contribution in [0.3, 0.4) is 0 Å². The smallest absolute Gasteiger partial charge is 0.146 e. The Labute approximate surface area is 163 Å². The molecule has 146 valence electrons. The van der Waals surface area contributed by atoms with Gasteiger partial charge in [0.15, 0.2) is 0 Å². The summed E-state index contributed by atoms with van der Waals surface area (Å²) in [5.41, 5.74) is 4.67. The van der Waals surface area contributed by atoms with Crippen molar-refractivity contribution in [2.75, 3.05) is 0 Å². The Kier molecular flexibility index (Phi) is 4.96. The molecular weight excluding hydrogens is 334 g/mol. The molecule has 0 radical (unpaired) electrons. The summed E-state index contributed by atoms with van der Waals surface area (Å²) in [5.74, 6) is 0.762. The van der Waals surface area contributed by atoms with E-state index in [1.54, 1.807) is 4.80 Å². The fraction of sp³-hybridized carbons (Fsp3) is 0.565. The van der Waals surface area contributed by atoms with Crippen molar-refractivity contribution in [2.45, 2.75) is 78.6 Å². The van der Waals surface area contributed by atoms with E-state index < -0.39 is 0 Å². The summed E-state index contributed by atoms with van der Waals surface area (Å²) in [4.78, 5) is 1.63. The van der Waals surface area contributed by atoms with E-state index in [4.69, 9.17) is 5.10 Å². The topological polar surface area (TPSA) is 50.9 Å². The minimum atomic E-state index is -0.125. The second kappa shape index (κ2) is 6.81. The van der Waals surface area contributed by atoms with E-state index in [9.17, 15) is 5.11 Å². The highest BCUT2D eigenvalue weighted by molar-refractivity contribution is 5.57. The molecule has 0 amide bonds. The molecule has 1 aromatic carbocycles. The number of phenols is 1. The maximum atomic E-state index is 11.2. The van der Waals surface area contributed by atoms with Gasteiger partial charge in [0.2, 0.25) is 0 Å². The van der Waals surface area contributed by atoms with Gasteiger partial charge in [0.1, 0.15) is 17.1 Å². The van der Waals surface area contributed by atoms with Crippen molar-refractivity contribution >= 4 is 6.08 Å². The number of aromatic hydroxyl groups is 1. The second-order valence-electron chi connectivity index (χ2n) is 9.23. The van der Waals surface area contributed by atoms with E-state index in [2.05, 4.69) is 71.8 Å². The minimum Gasteiger partial charge on any atom is -0.505 e. The predicted molar refractivity (Wildman–Crippen MR) is 112 cm³/mol. The Bertz CT molecular complexity index is 874. The number of allylic oxidation sites excluding steroid dienone is 1. The number of aromatic nitrogens is 3. The van der Waals surface area contributed by atoms with Gasteiger partial charge in [-0.15, -0.1) is 9.90 Å². The Morgan fingerprint density at radius 3 is 2.37 bits per heavy atom. The van der Waals surface area contributed by atoms with Crippen LogP contribution in [0, 0.1) is 5.92 Å². The van der Waals surface area contributed by atoms with Crippen LogP contribution in [0.1, 0.15) is 83.8 Å². The first-order valence-corrected chi connectivity index (χ1v) is 10.1. The van der Waals surface area contributed by atoms with E-state index in [1.807, 2.05) is 6.08 Å². The lowest BCUT2D eigenvalue weighted by atomic mass is 9.76. The molecule has 1 aromatic heterocycles. The van der Waals surface area contributed by atoms with Crippen molar-refractivity contribution in [3.8, 4) is 11.4 Å². The van der Waals surface area contributed by atoms with Crippen molar-refractivity contribution in [2.24, 2.45) is 5.92 Å². The third-order valence-corrected chi connectivity index (χ3v) is 6.40. The van der Waals surface area contributed by atoms with Crippen molar-refractivity contribution in [1.82, 2.24) is 15.0 Å².